The van der Waals surface area contributed by atoms with Gasteiger partial charge in [0.2, 0.25) is 0 Å². The fraction of sp³-hybridized carbons (Fsp3) is 1.00. The smallest absolute Gasteiger partial charge is 0.436 e. The average molecular weight is 2060 g/mol. The van der Waals surface area contributed by atoms with Crippen molar-refractivity contribution in [3.8, 4) is 0 Å². The van der Waals surface area contributed by atoms with Gasteiger partial charge in [-0.15, -0.1) is 0 Å². The normalized spacial score (nSPS) is 10.0. The molecule has 30 heavy (non-hydrogen) atoms. The van der Waals surface area contributed by atoms with Crippen molar-refractivity contribution in [1.82, 2.24) is 0 Å². The van der Waals surface area contributed by atoms with Gasteiger partial charge in [-0.3, -0.25) is 0 Å². The van der Waals surface area contributed by atoms with E-state index in [0.717, 1.165) is 9.52 Å². The molecule has 0 unspecified atom stereocenters. The van der Waals surface area contributed by atoms with E-state index in [9.17, 15) is 0 Å². The zero-order chi connectivity index (χ0) is 19.3. The molecule has 0 aliphatic rings. The minimum atomic E-state index is -2.80. The summed E-state index contributed by atoms with van der Waals surface area (Å²) in [6.45, 7) is 20.6. The third-order valence-corrected chi connectivity index (χ3v) is 16.0. The van der Waals surface area contributed by atoms with Gasteiger partial charge in [0.05, 0.1) is 0 Å². The van der Waals surface area contributed by atoms with E-state index in [1.54, 1.807) is 7.11 Å². The molecule has 0 bridgehead atoms. The molecule has 0 saturated heterocycles. The molecule has 0 aliphatic heterocycles. The summed E-state index contributed by atoms with van der Waals surface area (Å²) in [7, 11) is -6.15. The summed E-state index contributed by atoms with van der Waals surface area (Å²) in [4.78, 5) is 0. The number of rotatable bonds is 11. The van der Waals surface area contributed by atoms with Crippen LogP contribution < -0.4 is 0 Å². The van der Waals surface area contributed by atoms with E-state index >= 15 is 0 Å². The first-order valence-corrected chi connectivity index (χ1v) is 22.6. The maximum absolute atomic E-state index is 6.08. The molecule has 0 N–H and O–H groups in total. The SMILES string of the molecule is CO[Si](C)O[Si](C)(O[Si](C)O[Si](C)C)O[Si](C)O[Si](C)C.C[SiH]C.[Rf].[Rf].[Rf].[Rf].[Rf].[Rf]. The van der Waals surface area contributed by atoms with Crippen molar-refractivity contribution >= 4 is 64.3 Å². The van der Waals surface area contributed by atoms with Crippen LogP contribution in [0.1, 0.15) is 0 Å². The molecule has 0 rings (SSSR count). The maximum atomic E-state index is 6.08. The Bertz CT molecular complexity index is 304. The van der Waals surface area contributed by atoms with E-state index in [-0.39, 0.29) is 0 Å². The average Bonchev–Trinajstić information content (AvgIpc) is 2.35. The number of hydrogen-bond donors (Lipinski definition) is 0. The third kappa shape index (κ3) is 28.1. The summed E-state index contributed by atoms with van der Waals surface area (Å²) in [6.07, 6.45) is 0. The second-order valence-corrected chi connectivity index (χ2v) is 19.4. The van der Waals surface area contributed by atoms with E-state index < -0.39 is 54.7 Å². The predicted molar refractivity (Wildman–Crippen MR) is 113 cm³/mol. The monoisotopic (exact) mass is 2060 g/mol. The van der Waals surface area contributed by atoms with Crippen molar-refractivity contribution in [2.75, 3.05) is 7.11 Å². The maximum Gasteiger partial charge on any atom is 0.470 e. The van der Waals surface area contributed by atoms with Crippen LogP contribution in [0.15, 0.2) is 0 Å². The Balaban J connectivity index is -0.0000000842. The summed E-state index contributed by atoms with van der Waals surface area (Å²) in [6, 6.07) is 0. The molecular weight excluding hydrogens is 2030 g/mol. The van der Waals surface area contributed by atoms with Crippen molar-refractivity contribution in [3.05, 3.63) is 0 Å². The summed E-state index contributed by atoms with van der Waals surface area (Å²) in [5.41, 5.74) is 0. The van der Waals surface area contributed by atoms with Crippen molar-refractivity contribution in [1.29, 1.82) is 0 Å². The molecular formula is C11H34O6Rf6Si7. The van der Waals surface area contributed by atoms with Crippen LogP contribution >= 0.6 is 0 Å². The van der Waals surface area contributed by atoms with Gasteiger partial charge in [-0.25, -0.2) is 0 Å². The topological polar surface area (TPSA) is 55.4 Å². The van der Waals surface area contributed by atoms with Gasteiger partial charge < -0.3 is 25.0 Å². The van der Waals surface area contributed by atoms with Gasteiger partial charge in [0.25, 0.3) is 0 Å². The van der Waals surface area contributed by atoms with Crippen LogP contribution in [0.2, 0.25) is 65.5 Å². The van der Waals surface area contributed by atoms with Crippen LogP contribution in [0.5, 0.6) is 0 Å². The van der Waals surface area contributed by atoms with Crippen LogP contribution in [0.25, 0.3) is 0 Å². The molecule has 0 fully saturated rings. The Kier molecular flexibility index (Phi) is 40.4. The minimum Gasteiger partial charge on any atom is -0.436 e. The van der Waals surface area contributed by atoms with Gasteiger partial charge in [-0.05, 0) is 45.8 Å². The van der Waals surface area contributed by atoms with Crippen molar-refractivity contribution < 1.29 is 25.0 Å². The molecule has 6 radical (unpaired) electrons. The number of hydrogen-bond acceptors (Lipinski definition) is 6. The molecule has 0 amide bonds. The van der Waals surface area contributed by atoms with Crippen LogP contribution in [0, 0.1) is 0 Å². The first-order chi connectivity index (χ1) is 11.0. The fourth-order valence-electron chi connectivity index (χ4n) is 1.50. The second kappa shape index (κ2) is 24.3. The first-order valence-electron chi connectivity index (χ1n) is 7.81. The van der Waals surface area contributed by atoms with E-state index in [0.29, 0.717) is 0 Å². The van der Waals surface area contributed by atoms with Crippen LogP contribution in [0.4, 0.5) is 0 Å². The van der Waals surface area contributed by atoms with Gasteiger partial charge in [0.15, 0.2) is 18.1 Å². The molecule has 0 saturated carbocycles. The molecule has 0 heterocycles. The van der Waals surface area contributed by atoms with E-state index in [1.807, 2.05) is 26.2 Å². The zero-order valence-electron chi connectivity index (χ0n) is 21.3. The molecule has 0 spiro atoms. The van der Waals surface area contributed by atoms with Crippen molar-refractivity contribution in [3.63, 3.8) is 0 Å². The van der Waals surface area contributed by atoms with Gasteiger partial charge >= 0.3 is 36.7 Å². The summed E-state index contributed by atoms with van der Waals surface area (Å²) in [5, 5.41) is 0. The van der Waals surface area contributed by atoms with Crippen molar-refractivity contribution in [2.45, 2.75) is 65.5 Å². The summed E-state index contributed by atoms with van der Waals surface area (Å²) < 4.78 is 35.1. The molecule has 0 aromatic heterocycles. The van der Waals surface area contributed by atoms with E-state index in [4.69, 9.17) is 25.0 Å². The molecule has 0 aromatic carbocycles. The quantitative estimate of drug-likeness (QED) is 0.297. The van der Waals surface area contributed by atoms with Gasteiger partial charge in [-0.1, -0.05) is 13.1 Å². The first kappa shape index (κ1) is 49.9. The minimum absolute atomic E-state index is 0. The molecule has 6 nitrogen and oxygen atoms in total. The largest absolute Gasteiger partial charge is 0.470 e. The third-order valence-electron chi connectivity index (χ3n) is 1.97. The van der Waals surface area contributed by atoms with Crippen molar-refractivity contribution in [2.24, 2.45) is 0 Å². The second-order valence-electron chi connectivity index (χ2n) is 5.45. The standard InChI is InChI=1S/C9H27O6Si6.C2H7Si.6Rf/c1-10-18(6)13-21(9,14-19(7)11-16(2)3)15-20(8)12-17(4)5;1-3-2;;;;;;/h1-9H3;3H,1-2H3;;;;;;. The summed E-state index contributed by atoms with van der Waals surface area (Å²) >= 11 is 0. The Morgan fingerprint density at radius 2 is 0.800 bits per heavy atom. The van der Waals surface area contributed by atoms with Crippen LogP contribution in [-0.4, -0.2) is 71.4 Å². The van der Waals surface area contributed by atoms with E-state index in [2.05, 4.69) is 39.3 Å². The predicted octanol–water partition coefficient (Wildman–Crippen LogP) is 2.66. The zero-order valence-corrected chi connectivity index (χ0v) is 66.8. The molecule has 0 atom stereocenters. The van der Waals surface area contributed by atoms with Crippen LogP contribution in [-0.2, 0) is 25.0 Å². The Morgan fingerprint density at radius 1 is 0.567 bits per heavy atom. The summed E-state index contributed by atoms with van der Waals surface area (Å²) in [5.74, 6) is 0. The molecule has 19 heteroatoms. The van der Waals surface area contributed by atoms with Gasteiger partial charge in [0, 0.05) is 23.2 Å². The van der Waals surface area contributed by atoms with E-state index in [1.165, 1.54) is 0 Å². The van der Waals surface area contributed by atoms with Gasteiger partial charge in [-0.2, -0.15) is 0 Å². The Hall–Kier alpha value is -4.72. The Morgan fingerprint density at radius 3 is 1.00 bits per heavy atom. The Labute approximate surface area is 161 Å². The molecule has 0 aromatic rings. The van der Waals surface area contributed by atoms with Crippen LogP contribution in [0.3, 0.4) is 0 Å². The van der Waals surface area contributed by atoms with Gasteiger partial charge in [0.1, 0.15) is 0 Å². The fourth-order valence-corrected chi connectivity index (χ4v) is 15.4. The molecule has 154 valence electrons. The molecule has 0 aliphatic carbocycles.